The van der Waals surface area contributed by atoms with E-state index < -0.39 is 0 Å². The number of carbonyl (C=O) groups excluding carboxylic acids is 2. The summed E-state index contributed by atoms with van der Waals surface area (Å²) in [5, 5.41) is 0. The number of nitrogens with zero attached hydrogens (tertiary/aromatic N) is 4. The number of hydrogen-bond acceptors (Lipinski definition) is 4. The van der Waals surface area contributed by atoms with Crippen LogP contribution in [0.3, 0.4) is 0 Å². The molecule has 25 heavy (non-hydrogen) atoms. The Morgan fingerprint density at radius 2 is 1.56 bits per heavy atom. The van der Waals surface area contributed by atoms with Crippen molar-refractivity contribution in [1.29, 1.82) is 0 Å². The van der Waals surface area contributed by atoms with Gasteiger partial charge in [-0.2, -0.15) is 0 Å². The second-order valence-electron chi connectivity index (χ2n) is 5.45. The van der Waals surface area contributed by atoms with Gasteiger partial charge in [-0.25, -0.2) is 9.97 Å². The number of aromatic nitrogens is 4. The fourth-order valence-electron chi connectivity index (χ4n) is 2.30. The maximum Gasteiger partial charge on any atom is 0.159 e. The first-order chi connectivity index (χ1) is 12.0. The smallest absolute Gasteiger partial charge is 0.159 e. The average Bonchev–Trinajstić information content (AvgIpc) is 3.21. The van der Waals surface area contributed by atoms with Gasteiger partial charge in [0.05, 0.1) is 6.20 Å². The standard InChI is InChI=1S/C9H7IN2O.C9H8N2O/c1-6(13)7-2-3-12-8(10)5-11-9(12)4-7;1-7(12)8-2-4-11-5-3-10-9(11)6-8/h2-5H,1H3;2-6H,1H3. The molecule has 7 heteroatoms. The first-order valence-corrected chi connectivity index (χ1v) is 8.61. The largest absolute Gasteiger partial charge is 0.307 e. The van der Waals surface area contributed by atoms with Crippen molar-refractivity contribution in [2.75, 3.05) is 0 Å². The molecule has 0 saturated carbocycles. The van der Waals surface area contributed by atoms with Gasteiger partial charge in [-0.3, -0.25) is 14.0 Å². The lowest BCUT2D eigenvalue weighted by Gasteiger charge is -1.97. The molecule has 0 bridgehead atoms. The predicted octanol–water partition coefficient (Wildman–Crippen LogP) is 3.68. The highest BCUT2D eigenvalue weighted by Crippen LogP contribution is 2.11. The molecule has 0 saturated heterocycles. The second kappa shape index (κ2) is 7.14. The number of imidazole rings is 2. The van der Waals surface area contributed by atoms with Gasteiger partial charge < -0.3 is 4.40 Å². The lowest BCUT2D eigenvalue weighted by atomic mass is 10.2. The van der Waals surface area contributed by atoms with E-state index in [1.807, 2.05) is 27.4 Å². The topological polar surface area (TPSA) is 68.7 Å². The van der Waals surface area contributed by atoms with Crippen LogP contribution in [0.1, 0.15) is 34.6 Å². The van der Waals surface area contributed by atoms with Crippen molar-refractivity contribution in [1.82, 2.24) is 18.8 Å². The van der Waals surface area contributed by atoms with Gasteiger partial charge in [-0.15, -0.1) is 0 Å². The van der Waals surface area contributed by atoms with E-state index in [4.69, 9.17) is 0 Å². The number of ketones is 2. The average molecular weight is 446 g/mol. The summed E-state index contributed by atoms with van der Waals surface area (Å²) in [5.74, 6) is 0.140. The molecule has 0 amide bonds. The van der Waals surface area contributed by atoms with Crippen LogP contribution in [0.25, 0.3) is 11.3 Å². The summed E-state index contributed by atoms with van der Waals surface area (Å²) >= 11 is 2.20. The molecule has 6 nitrogen and oxygen atoms in total. The Hall–Kier alpha value is -2.55. The summed E-state index contributed by atoms with van der Waals surface area (Å²) < 4.78 is 4.85. The van der Waals surface area contributed by atoms with Crippen LogP contribution in [-0.4, -0.2) is 30.3 Å². The summed E-state index contributed by atoms with van der Waals surface area (Å²) in [6, 6.07) is 7.17. The Labute approximate surface area is 157 Å². The normalized spacial score (nSPS) is 10.5. The SMILES string of the molecule is CC(=O)c1ccn2c(I)cnc2c1.CC(=O)c1ccn2ccnc2c1. The van der Waals surface area contributed by atoms with E-state index in [1.165, 1.54) is 0 Å². The van der Waals surface area contributed by atoms with E-state index in [1.54, 1.807) is 50.5 Å². The number of halogens is 1. The molecule has 0 unspecified atom stereocenters. The van der Waals surface area contributed by atoms with Crippen molar-refractivity contribution in [2.45, 2.75) is 13.8 Å². The van der Waals surface area contributed by atoms with Crippen molar-refractivity contribution in [3.05, 3.63) is 70.1 Å². The van der Waals surface area contributed by atoms with Crippen molar-refractivity contribution in [3.8, 4) is 0 Å². The van der Waals surface area contributed by atoms with Crippen LogP contribution in [-0.2, 0) is 0 Å². The van der Waals surface area contributed by atoms with Crippen LogP contribution >= 0.6 is 22.6 Å². The van der Waals surface area contributed by atoms with Gasteiger partial charge in [0.25, 0.3) is 0 Å². The highest BCUT2D eigenvalue weighted by Gasteiger charge is 2.03. The first-order valence-electron chi connectivity index (χ1n) is 7.53. The third kappa shape index (κ3) is 3.76. The van der Waals surface area contributed by atoms with E-state index in [2.05, 4.69) is 32.6 Å². The molecule has 0 fully saturated rings. The Morgan fingerprint density at radius 1 is 0.920 bits per heavy atom. The third-order valence-electron chi connectivity index (χ3n) is 3.68. The molecule has 0 atom stereocenters. The van der Waals surface area contributed by atoms with Crippen molar-refractivity contribution >= 4 is 45.5 Å². The molecule has 4 aromatic rings. The van der Waals surface area contributed by atoms with Crippen molar-refractivity contribution in [3.63, 3.8) is 0 Å². The number of hydrogen-bond donors (Lipinski definition) is 0. The van der Waals surface area contributed by atoms with E-state index in [0.29, 0.717) is 11.1 Å². The maximum absolute atomic E-state index is 11.1. The fraction of sp³-hybridized carbons (Fsp3) is 0.111. The summed E-state index contributed by atoms with van der Waals surface area (Å²) in [6.45, 7) is 3.11. The van der Waals surface area contributed by atoms with Crippen LogP contribution in [0.5, 0.6) is 0 Å². The quantitative estimate of drug-likeness (QED) is 0.348. The molecule has 0 aliphatic rings. The molecular formula is C18H15IN4O2. The minimum absolute atomic E-state index is 0.0699. The molecule has 4 heterocycles. The van der Waals surface area contributed by atoms with Crippen molar-refractivity contribution < 1.29 is 9.59 Å². The van der Waals surface area contributed by atoms with E-state index in [9.17, 15) is 9.59 Å². The van der Waals surface area contributed by atoms with E-state index in [-0.39, 0.29) is 11.6 Å². The summed E-state index contributed by atoms with van der Waals surface area (Å²) in [6.07, 6.45) is 9.03. The van der Waals surface area contributed by atoms with Crippen LogP contribution in [0.4, 0.5) is 0 Å². The Balaban J connectivity index is 0.000000146. The van der Waals surface area contributed by atoms with E-state index >= 15 is 0 Å². The highest BCUT2D eigenvalue weighted by atomic mass is 127. The molecule has 0 spiro atoms. The zero-order chi connectivity index (χ0) is 18.0. The van der Waals surface area contributed by atoms with Gasteiger partial charge in [0.1, 0.15) is 15.0 Å². The minimum Gasteiger partial charge on any atom is -0.307 e. The van der Waals surface area contributed by atoms with Gasteiger partial charge >= 0.3 is 0 Å². The molecule has 126 valence electrons. The molecule has 0 radical (unpaired) electrons. The number of fused-ring (bicyclic) bond motifs is 2. The van der Waals surface area contributed by atoms with Crippen LogP contribution in [0.15, 0.2) is 55.2 Å². The molecule has 0 aromatic carbocycles. The van der Waals surface area contributed by atoms with Gasteiger partial charge in [0.2, 0.25) is 0 Å². The monoisotopic (exact) mass is 446 g/mol. The highest BCUT2D eigenvalue weighted by molar-refractivity contribution is 14.1. The lowest BCUT2D eigenvalue weighted by Crippen LogP contribution is -1.94. The van der Waals surface area contributed by atoms with Crippen LogP contribution in [0, 0.1) is 3.70 Å². The predicted molar refractivity (Wildman–Crippen MR) is 103 cm³/mol. The number of Topliss-reactive ketones (excluding diaryl/α,β-unsaturated/α-hetero) is 2. The Morgan fingerprint density at radius 3 is 2.24 bits per heavy atom. The third-order valence-corrected chi connectivity index (χ3v) is 4.48. The van der Waals surface area contributed by atoms with Gasteiger partial charge in [0, 0.05) is 35.9 Å². The maximum atomic E-state index is 11.1. The number of pyridine rings is 2. The summed E-state index contributed by atoms with van der Waals surface area (Å²) in [7, 11) is 0. The Bertz CT molecular complexity index is 1080. The molecule has 4 aromatic heterocycles. The zero-order valence-electron chi connectivity index (χ0n) is 13.7. The Kier molecular flexibility index (Phi) is 4.93. The minimum atomic E-state index is 0.0699. The molecule has 0 N–H and O–H groups in total. The molecule has 0 aliphatic heterocycles. The summed E-state index contributed by atoms with van der Waals surface area (Å²) in [5.41, 5.74) is 3.03. The fourth-order valence-corrected chi connectivity index (χ4v) is 2.85. The zero-order valence-corrected chi connectivity index (χ0v) is 15.8. The van der Waals surface area contributed by atoms with Gasteiger partial charge in [0.15, 0.2) is 11.6 Å². The molecule has 4 rings (SSSR count). The molecule has 0 aliphatic carbocycles. The van der Waals surface area contributed by atoms with Crippen LogP contribution in [0.2, 0.25) is 0 Å². The first kappa shape index (κ1) is 17.3. The van der Waals surface area contributed by atoms with Crippen LogP contribution < -0.4 is 0 Å². The summed E-state index contributed by atoms with van der Waals surface area (Å²) in [4.78, 5) is 30.3. The number of rotatable bonds is 2. The van der Waals surface area contributed by atoms with Gasteiger partial charge in [-0.05, 0) is 60.7 Å². The molecular weight excluding hydrogens is 431 g/mol. The van der Waals surface area contributed by atoms with Crippen molar-refractivity contribution in [2.24, 2.45) is 0 Å². The lowest BCUT2D eigenvalue weighted by molar-refractivity contribution is 0.100. The van der Waals surface area contributed by atoms with E-state index in [0.717, 1.165) is 15.0 Å². The van der Waals surface area contributed by atoms with Gasteiger partial charge in [-0.1, -0.05) is 0 Å². The number of carbonyl (C=O) groups is 2. The second-order valence-corrected chi connectivity index (χ2v) is 6.55.